The van der Waals surface area contributed by atoms with Crippen LogP contribution in [-0.4, -0.2) is 101 Å². The van der Waals surface area contributed by atoms with Crippen molar-refractivity contribution < 1.29 is 74.7 Å². The Bertz CT molecular complexity index is 3170. The lowest BCUT2D eigenvalue weighted by molar-refractivity contribution is -0.221. The first-order valence-electron chi connectivity index (χ1n) is 28.2. The smallest absolute Gasteiger partial charge is 0.312 e. The Hall–Kier alpha value is -7.34. The number of halogens is 6. The van der Waals surface area contributed by atoms with Gasteiger partial charge in [0.05, 0.1) is 47.4 Å². The molecule has 2 aromatic carbocycles. The molecule has 2 fully saturated rings. The second-order valence-electron chi connectivity index (χ2n) is 23.5. The van der Waals surface area contributed by atoms with Gasteiger partial charge in [-0.25, -0.2) is 36.3 Å². The SMILES string of the molecule is C[C@@H]1O[C@H](c2ccncc2CC(=O)c2ccc(F)c(-c3c(F)cccc3F)n2)C[C@H](C(=O)OC(C)(C)C)[C@]1(O)CCCN.C[C@H]1O[C@@H](c2ccncc2CC(=O)c2ccc(F)c(-c3c(F)cccc3F)n2)C[C@@H](C(=O)OC(C)(C)C)[C@@]1(O)CCCN. The van der Waals surface area contributed by atoms with Crippen LogP contribution in [0.4, 0.5) is 26.3 Å². The Morgan fingerprint density at radius 1 is 0.558 bits per heavy atom. The fourth-order valence-corrected chi connectivity index (χ4v) is 10.8. The van der Waals surface area contributed by atoms with E-state index in [0.29, 0.717) is 48.2 Å². The summed E-state index contributed by atoms with van der Waals surface area (Å²) in [7, 11) is 0. The summed E-state index contributed by atoms with van der Waals surface area (Å²) in [4.78, 5) is 69.7. The number of hydrogen-bond acceptors (Lipinski definition) is 16. The number of rotatable bonds is 18. The number of Topliss-reactive ketones (excluding diaryl/α,β-unsaturated/α-hetero) is 2. The van der Waals surface area contributed by atoms with Crippen LogP contribution in [-0.2, 0) is 41.4 Å². The van der Waals surface area contributed by atoms with Gasteiger partial charge in [-0.05, 0) is 190 Å². The fraction of sp³-hybridized carbons (Fsp3) is 0.438. The predicted octanol–water partition coefficient (Wildman–Crippen LogP) is 10.5. The number of esters is 2. The highest BCUT2D eigenvalue weighted by atomic mass is 19.2. The van der Waals surface area contributed by atoms with Gasteiger partial charge < -0.3 is 40.6 Å². The van der Waals surface area contributed by atoms with Crippen LogP contribution in [0.25, 0.3) is 22.5 Å². The number of benzene rings is 2. The van der Waals surface area contributed by atoms with Gasteiger partial charge in [-0.2, -0.15) is 0 Å². The normalized spacial score (nSPS) is 22.3. The van der Waals surface area contributed by atoms with E-state index in [4.69, 9.17) is 30.4 Å². The van der Waals surface area contributed by atoms with E-state index in [0.717, 1.165) is 60.7 Å². The van der Waals surface area contributed by atoms with E-state index in [2.05, 4.69) is 19.9 Å². The first-order chi connectivity index (χ1) is 40.5. The van der Waals surface area contributed by atoms with Crippen LogP contribution in [0.2, 0.25) is 0 Å². The third-order valence-electron chi connectivity index (χ3n) is 15.1. The van der Waals surface area contributed by atoms with E-state index in [1.165, 1.54) is 24.8 Å². The summed E-state index contributed by atoms with van der Waals surface area (Å²) >= 11 is 0. The van der Waals surface area contributed by atoms with Crippen LogP contribution < -0.4 is 11.5 Å². The summed E-state index contributed by atoms with van der Waals surface area (Å²) in [6.07, 6.45) is 4.01. The number of carbonyl (C=O) groups excluding carboxylic acids is 4. The number of hydrogen-bond donors (Lipinski definition) is 4. The summed E-state index contributed by atoms with van der Waals surface area (Å²) < 4.78 is 111. The van der Waals surface area contributed by atoms with Gasteiger partial charge in [0.15, 0.2) is 11.6 Å². The molecule has 0 radical (unpaired) electrons. The monoisotopic (exact) mass is 1200 g/mol. The quantitative estimate of drug-likeness (QED) is 0.0355. The van der Waals surface area contributed by atoms with E-state index in [-0.39, 0.29) is 49.9 Å². The Balaban J connectivity index is 0.000000246. The van der Waals surface area contributed by atoms with Gasteiger partial charge in [0.25, 0.3) is 0 Å². The van der Waals surface area contributed by atoms with Crippen molar-refractivity contribution in [2.45, 2.75) is 154 Å². The maximum absolute atomic E-state index is 14.6. The number of aromatic nitrogens is 4. The van der Waals surface area contributed by atoms with Gasteiger partial charge >= 0.3 is 11.9 Å². The molecule has 4 aromatic heterocycles. The molecule has 6 N–H and O–H groups in total. The van der Waals surface area contributed by atoms with Crippen LogP contribution in [0.3, 0.4) is 0 Å². The number of ketones is 2. The van der Waals surface area contributed by atoms with Crippen molar-refractivity contribution in [2.75, 3.05) is 13.1 Å². The molecule has 0 spiro atoms. The van der Waals surface area contributed by atoms with Crippen molar-refractivity contribution in [3.63, 3.8) is 0 Å². The van der Waals surface area contributed by atoms with Gasteiger partial charge in [0.1, 0.15) is 80.1 Å². The Kier molecular flexibility index (Phi) is 21.2. The first-order valence-corrected chi connectivity index (χ1v) is 28.2. The molecule has 0 unspecified atom stereocenters. The molecule has 2 saturated heterocycles. The molecule has 8 rings (SSSR count). The van der Waals surface area contributed by atoms with Crippen LogP contribution in [0, 0.1) is 46.7 Å². The third kappa shape index (κ3) is 15.4. The first kappa shape index (κ1) is 66.2. The predicted molar refractivity (Wildman–Crippen MR) is 305 cm³/mol. The van der Waals surface area contributed by atoms with E-state index in [9.17, 15) is 55.7 Å². The van der Waals surface area contributed by atoms with Crippen LogP contribution >= 0.6 is 0 Å². The fourth-order valence-electron chi connectivity index (χ4n) is 10.8. The molecule has 8 atom stereocenters. The van der Waals surface area contributed by atoms with Crippen molar-refractivity contribution >= 4 is 23.5 Å². The second kappa shape index (κ2) is 27.6. The van der Waals surface area contributed by atoms with Crippen LogP contribution in [0.15, 0.2) is 97.6 Å². The zero-order chi connectivity index (χ0) is 63.1. The number of nitrogens with two attached hydrogens (primary N) is 2. The lowest BCUT2D eigenvalue weighted by Gasteiger charge is -2.47. The van der Waals surface area contributed by atoms with Crippen molar-refractivity contribution in [3.05, 3.63) is 166 Å². The number of aliphatic hydroxyl groups is 2. The molecule has 2 aliphatic heterocycles. The molecule has 0 saturated carbocycles. The number of carbonyl (C=O) groups is 4. The Labute approximate surface area is 495 Å². The number of pyridine rings is 4. The average molecular weight is 1200 g/mol. The molecule has 86 heavy (non-hydrogen) atoms. The Morgan fingerprint density at radius 3 is 1.23 bits per heavy atom. The highest BCUT2D eigenvalue weighted by Gasteiger charge is 2.54. The molecule has 0 amide bonds. The zero-order valence-electron chi connectivity index (χ0n) is 49.1. The van der Waals surface area contributed by atoms with E-state index in [1.807, 2.05) is 0 Å². The molecule has 2 aliphatic rings. The van der Waals surface area contributed by atoms with Gasteiger partial charge in [-0.1, -0.05) is 12.1 Å². The lowest BCUT2D eigenvalue weighted by Crippen LogP contribution is -2.57. The average Bonchev–Trinajstić information content (AvgIpc) is 1.19. The maximum atomic E-state index is 14.6. The maximum Gasteiger partial charge on any atom is 0.312 e. The lowest BCUT2D eigenvalue weighted by atomic mass is 9.73. The minimum absolute atomic E-state index is 0.0665. The van der Waals surface area contributed by atoms with Gasteiger partial charge in [0, 0.05) is 37.6 Å². The minimum atomic E-state index is -1.53. The van der Waals surface area contributed by atoms with Crippen molar-refractivity contribution in [3.8, 4) is 22.5 Å². The molecule has 6 heterocycles. The van der Waals surface area contributed by atoms with Crippen molar-refractivity contribution in [1.29, 1.82) is 0 Å². The standard InChI is InChI=1S/2C32H36F3N3O5/c2*1-18-32(41,12-6-13-36)21(30(40)43-31(2,3)4)16-27(42-18)20-11-14-37-17-19(20)15-26(39)25-10-9-24(35)29(38-25)28-22(33)7-5-8-23(28)34/h2*5,7-11,14,17-18,21,27,41H,6,12-13,15-16,36H2,1-4H3/t2*18-,21+,27-,32-/m10/s1. The zero-order valence-corrected chi connectivity index (χ0v) is 49.1. The number of ether oxygens (including phenoxy) is 4. The molecule has 0 bridgehead atoms. The van der Waals surface area contributed by atoms with Gasteiger partial charge in [-0.3, -0.25) is 29.1 Å². The largest absolute Gasteiger partial charge is 0.460 e. The molecular formula is C64H72F6N6O10. The molecule has 22 heteroatoms. The van der Waals surface area contributed by atoms with Crippen molar-refractivity contribution in [2.24, 2.45) is 23.3 Å². The third-order valence-corrected chi connectivity index (χ3v) is 15.1. The molecule has 460 valence electrons. The van der Waals surface area contributed by atoms with E-state index in [1.54, 1.807) is 67.5 Å². The number of nitrogens with zero attached hydrogens (tertiary/aromatic N) is 4. The minimum Gasteiger partial charge on any atom is -0.460 e. The van der Waals surface area contributed by atoms with Gasteiger partial charge in [-0.15, -0.1) is 0 Å². The molecule has 16 nitrogen and oxygen atoms in total. The van der Waals surface area contributed by atoms with E-state index >= 15 is 0 Å². The molecule has 6 aromatic rings. The summed E-state index contributed by atoms with van der Waals surface area (Å²) in [5, 5.41) is 23.3. The Morgan fingerprint density at radius 2 is 0.907 bits per heavy atom. The summed E-state index contributed by atoms with van der Waals surface area (Å²) in [5.74, 6) is -10.2. The molecular weight excluding hydrogens is 1130 g/mol. The summed E-state index contributed by atoms with van der Waals surface area (Å²) in [6, 6.07) is 13.7. The summed E-state index contributed by atoms with van der Waals surface area (Å²) in [6.45, 7) is 14.4. The van der Waals surface area contributed by atoms with Crippen LogP contribution in [0.5, 0.6) is 0 Å². The molecule has 0 aliphatic carbocycles. The summed E-state index contributed by atoms with van der Waals surface area (Å²) in [5.41, 5.74) is 5.82. The van der Waals surface area contributed by atoms with Crippen molar-refractivity contribution in [1.82, 2.24) is 19.9 Å². The highest BCUT2D eigenvalue weighted by Crippen LogP contribution is 2.47. The second-order valence-corrected chi connectivity index (χ2v) is 23.5. The van der Waals surface area contributed by atoms with Crippen LogP contribution in [0.1, 0.15) is 149 Å². The topological polar surface area (TPSA) is 249 Å². The van der Waals surface area contributed by atoms with Gasteiger partial charge in [0.2, 0.25) is 0 Å². The van der Waals surface area contributed by atoms with E-state index < -0.39 is 140 Å². The highest BCUT2D eigenvalue weighted by molar-refractivity contribution is 5.97.